The van der Waals surface area contributed by atoms with E-state index in [1.807, 2.05) is 6.92 Å². The Hall–Kier alpha value is -1.26. The summed E-state index contributed by atoms with van der Waals surface area (Å²) in [6.45, 7) is 3.93. The summed E-state index contributed by atoms with van der Waals surface area (Å²) in [4.78, 5) is 23.6. The molecule has 0 bridgehead atoms. The van der Waals surface area contributed by atoms with Crippen molar-refractivity contribution in [2.24, 2.45) is 5.92 Å². The van der Waals surface area contributed by atoms with E-state index in [0.29, 0.717) is 12.5 Å². The van der Waals surface area contributed by atoms with Crippen LogP contribution in [0.2, 0.25) is 0 Å². The van der Waals surface area contributed by atoms with E-state index in [9.17, 15) is 9.59 Å². The molecule has 5 heteroatoms. The number of rotatable bonds is 5. The lowest BCUT2D eigenvalue weighted by molar-refractivity contribution is -0.137. The Labute approximate surface area is 95.8 Å². The highest BCUT2D eigenvalue weighted by molar-refractivity contribution is 5.80. The van der Waals surface area contributed by atoms with Gasteiger partial charge in [0.25, 0.3) is 0 Å². The van der Waals surface area contributed by atoms with E-state index in [-0.39, 0.29) is 18.6 Å². The van der Waals surface area contributed by atoms with Gasteiger partial charge in [0.15, 0.2) is 0 Å². The lowest BCUT2D eigenvalue weighted by Gasteiger charge is -2.33. The standard InChI is InChI=1S/C11H20N2O3/c1-3-13(7-10(14)15)11(16)12-8(2)9-5-4-6-9/h8-9H,3-7H2,1-2H3,(H,12,16)(H,14,15). The minimum absolute atomic E-state index is 0.143. The van der Waals surface area contributed by atoms with E-state index in [0.717, 1.165) is 12.8 Å². The fraction of sp³-hybridized carbons (Fsp3) is 0.818. The molecule has 0 radical (unpaired) electrons. The van der Waals surface area contributed by atoms with Crippen LogP contribution in [0.5, 0.6) is 0 Å². The van der Waals surface area contributed by atoms with E-state index in [2.05, 4.69) is 5.32 Å². The van der Waals surface area contributed by atoms with Crippen LogP contribution in [0.4, 0.5) is 4.79 Å². The van der Waals surface area contributed by atoms with Crippen LogP contribution in [0.15, 0.2) is 0 Å². The van der Waals surface area contributed by atoms with Crippen LogP contribution < -0.4 is 5.32 Å². The quantitative estimate of drug-likeness (QED) is 0.745. The molecule has 5 nitrogen and oxygen atoms in total. The van der Waals surface area contributed by atoms with E-state index in [1.54, 1.807) is 6.92 Å². The molecule has 0 aromatic heterocycles. The minimum Gasteiger partial charge on any atom is -0.480 e. The summed E-state index contributed by atoms with van der Waals surface area (Å²) in [7, 11) is 0. The number of carbonyl (C=O) groups is 2. The Morgan fingerprint density at radius 3 is 2.50 bits per heavy atom. The maximum Gasteiger partial charge on any atom is 0.323 e. The number of amides is 2. The molecule has 1 fully saturated rings. The van der Waals surface area contributed by atoms with Crippen molar-refractivity contribution in [1.82, 2.24) is 10.2 Å². The molecule has 0 heterocycles. The van der Waals surface area contributed by atoms with Gasteiger partial charge in [-0.05, 0) is 32.6 Å². The van der Waals surface area contributed by atoms with Gasteiger partial charge < -0.3 is 15.3 Å². The number of carbonyl (C=O) groups excluding carboxylic acids is 1. The summed E-state index contributed by atoms with van der Waals surface area (Å²) in [6, 6.07) is -0.131. The molecule has 1 aliphatic rings. The van der Waals surface area contributed by atoms with Crippen molar-refractivity contribution in [1.29, 1.82) is 0 Å². The van der Waals surface area contributed by atoms with Gasteiger partial charge in [0.1, 0.15) is 6.54 Å². The lowest BCUT2D eigenvalue weighted by Crippen LogP contribution is -2.48. The fourth-order valence-corrected chi connectivity index (χ4v) is 1.83. The van der Waals surface area contributed by atoms with Crippen molar-refractivity contribution in [2.45, 2.75) is 39.2 Å². The zero-order valence-electron chi connectivity index (χ0n) is 9.90. The first kappa shape index (κ1) is 12.8. The smallest absolute Gasteiger partial charge is 0.323 e. The summed E-state index contributed by atoms with van der Waals surface area (Å²) in [5.74, 6) is -0.416. The third kappa shape index (κ3) is 3.40. The monoisotopic (exact) mass is 228 g/mol. The van der Waals surface area contributed by atoms with Crippen LogP contribution >= 0.6 is 0 Å². The molecular formula is C11H20N2O3. The molecule has 1 saturated carbocycles. The second-order valence-electron chi connectivity index (χ2n) is 4.34. The second-order valence-corrected chi connectivity index (χ2v) is 4.34. The molecule has 92 valence electrons. The van der Waals surface area contributed by atoms with Gasteiger partial charge in [-0.1, -0.05) is 6.42 Å². The Balaban J connectivity index is 2.38. The molecular weight excluding hydrogens is 208 g/mol. The summed E-state index contributed by atoms with van der Waals surface area (Å²) >= 11 is 0. The predicted molar refractivity (Wildman–Crippen MR) is 60.2 cm³/mol. The van der Waals surface area contributed by atoms with Crippen molar-refractivity contribution in [3.63, 3.8) is 0 Å². The molecule has 1 atom stereocenters. The maximum atomic E-state index is 11.7. The number of aliphatic carboxylic acids is 1. The number of nitrogens with one attached hydrogen (secondary N) is 1. The number of carboxylic acid groups (broad SMARTS) is 1. The normalized spacial score (nSPS) is 17.4. The Morgan fingerprint density at radius 1 is 1.50 bits per heavy atom. The Bertz CT molecular complexity index is 264. The van der Waals surface area contributed by atoms with Gasteiger partial charge >= 0.3 is 12.0 Å². The first-order chi connectivity index (χ1) is 7.54. The average molecular weight is 228 g/mol. The predicted octanol–water partition coefficient (Wildman–Crippen LogP) is 1.29. The third-order valence-corrected chi connectivity index (χ3v) is 3.20. The molecule has 0 saturated heterocycles. The van der Waals surface area contributed by atoms with Crippen molar-refractivity contribution >= 4 is 12.0 Å². The van der Waals surface area contributed by atoms with Crippen LogP contribution in [-0.2, 0) is 4.79 Å². The van der Waals surface area contributed by atoms with Crippen LogP contribution in [-0.4, -0.2) is 41.1 Å². The molecule has 2 amide bonds. The fourth-order valence-electron chi connectivity index (χ4n) is 1.83. The van der Waals surface area contributed by atoms with Gasteiger partial charge in [-0.25, -0.2) is 4.79 Å². The van der Waals surface area contributed by atoms with Crippen molar-refractivity contribution in [3.8, 4) is 0 Å². The molecule has 0 aromatic carbocycles. The molecule has 0 aromatic rings. The second kappa shape index (κ2) is 5.72. The third-order valence-electron chi connectivity index (χ3n) is 3.20. The first-order valence-electron chi connectivity index (χ1n) is 5.81. The van der Waals surface area contributed by atoms with Gasteiger partial charge in [0.05, 0.1) is 0 Å². The van der Waals surface area contributed by atoms with Gasteiger partial charge in [-0.3, -0.25) is 4.79 Å². The first-order valence-corrected chi connectivity index (χ1v) is 5.81. The molecule has 1 aliphatic carbocycles. The molecule has 1 unspecified atom stereocenters. The summed E-state index contributed by atoms with van der Waals surface area (Å²) in [6.07, 6.45) is 3.55. The van der Waals surface area contributed by atoms with E-state index >= 15 is 0 Å². The van der Waals surface area contributed by atoms with Gasteiger partial charge in [-0.15, -0.1) is 0 Å². The lowest BCUT2D eigenvalue weighted by atomic mass is 9.80. The molecule has 0 aliphatic heterocycles. The molecule has 1 rings (SSSR count). The number of nitrogens with zero attached hydrogens (tertiary/aromatic N) is 1. The van der Waals surface area contributed by atoms with Crippen LogP contribution in [0.3, 0.4) is 0 Å². The van der Waals surface area contributed by atoms with Gasteiger partial charge in [0.2, 0.25) is 0 Å². The zero-order chi connectivity index (χ0) is 12.1. The van der Waals surface area contributed by atoms with Crippen LogP contribution in [0.25, 0.3) is 0 Å². The highest BCUT2D eigenvalue weighted by Crippen LogP contribution is 2.29. The molecule has 2 N–H and O–H groups in total. The zero-order valence-corrected chi connectivity index (χ0v) is 9.90. The highest BCUT2D eigenvalue weighted by Gasteiger charge is 2.26. The van der Waals surface area contributed by atoms with Gasteiger partial charge in [-0.2, -0.15) is 0 Å². The maximum absolute atomic E-state index is 11.7. The summed E-state index contributed by atoms with van der Waals surface area (Å²) < 4.78 is 0. The van der Waals surface area contributed by atoms with Crippen LogP contribution in [0.1, 0.15) is 33.1 Å². The largest absolute Gasteiger partial charge is 0.480 e. The van der Waals surface area contributed by atoms with E-state index < -0.39 is 5.97 Å². The number of urea groups is 1. The number of hydrogen-bond donors (Lipinski definition) is 2. The average Bonchev–Trinajstić information content (AvgIpc) is 2.10. The van der Waals surface area contributed by atoms with Crippen molar-refractivity contribution in [3.05, 3.63) is 0 Å². The Kier molecular flexibility index (Phi) is 4.58. The van der Waals surface area contributed by atoms with Crippen molar-refractivity contribution in [2.75, 3.05) is 13.1 Å². The molecule has 16 heavy (non-hydrogen) atoms. The Morgan fingerprint density at radius 2 is 2.12 bits per heavy atom. The molecule has 0 spiro atoms. The van der Waals surface area contributed by atoms with Crippen molar-refractivity contribution < 1.29 is 14.7 Å². The topological polar surface area (TPSA) is 69.6 Å². The minimum atomic E-state index is -0.978. The van der Waals surface area contributed by atoms with Gasteiger partial charge in [0, 0.05) is 12.6 Å². The summed E-state index contributed by atoms with van der Waals surface area (Å²) in [5.41, 5.74) is 0. The number of hydrogen-bond acceptors (Lipinski definition) is 2. The highest BCUT2D eigenvalue weighted by atomic mass is 16.4. The number of carboxylic acids is 1. The van der Waals surface area contributed by atoms with Crippen LogP contribution in [0, 0.1) is 5.92 Å². The SMILES string of the molecule is CCN(CC(=O)O)C(=O)NC(C)C1CCC1. The number of likely N-dealkylation sites (N-methyl/N-ethyl adjacent to an activating group) is 1. The van der Waals surface area contributed by atoms with E-state index in [1.165, 1.54) is 11.3 Å². The van der Waals surface area contributed by atoms with E-state index in [4.69, 9.17) is 5.11 Å². The summed E-state index contributed by atoms with van der Waals surface area (Å²) in [5, 5.41) is 11.5.